The topological polar surface area (TPSA) is 73.3 Å². The van der Waals surface area contributed by atoms with Crippen molar-refractivity contribution in [2.24, 2.45) is 0 Å². The van der Waals surface area contributed by atoms with Crippen LogP contribution < -0.4 is 0 Å². The molecule has 4 heteroatoms. The lowest BCUT2D eigenvalue weighted by Gasteiger charge is -2.11. The zero-order valence-electron chi connectivity index (χ0n) is 8.32. The predicted octanol–water partition coefficient (Wildman–Crippen LogP) is 2.54. The average Bonchev–Trinajstić information content (AvgIpc) is 2.65. The van der Waals surface area contributed by atoms with Gasteiger partial charge in [0, 0.05) is 10.9 Å². The molecule has 0 radical (unpaired) electrons. The lowest BCUT2D eigenvalue weighted by atomic mass is 9.97. The van der Waals surface area contributed by atoms with E-state index in [9.17, 15) is 15.0 Å². The fourth-order valence-corrected chi connectivity index (χ4v) is 2.08. The van der Waals surface area contributed by atoms with Gasteiger partial charge in [0.25, 0.3) is 0 Å². The Morgan fingerprint density at radius 2 is 1.94 bits per heavy atom. The third-order valence-corrected chi connectivity index (χ3v) is 2.82. The summed E-state index contributed by atoms with van der Waals surface area (Å²) in [5.74, 6) is -0.683. The van der Waals surface area contributed by atoms with E-state index in [2.05, 4.69) is 4.98 Å². The molecule has 3 N–H and O–H groups in total. The summed E-state index contributed by atoms with van der Waals surface area (Å²) in [7, 11) is 0. The van der Waals surface area contributed by atoms with E-state index in [1.807, 2.05) is 24.3 Å². The quantitative estimate of drug-likeness (QED) is 0.632. The SMILES string of the molecule is O=C1CC(O)=C(O)c2[nH]c3ccccc3c21. The number of carbonyl (C=O) groups is 1. The average molecular weight is 215 g/mol. The first-order valence-corrected chi connectivity index (χ1v) is 4.94. The van der Waals surface area contributed by atoms with Crippen molar-refractivity contribution >= 4 is 22.4 Å². The molecule has 0 aliphatic heterocycles. The van der Waals surface area contributed by atoms with Crippen LogP contribution in [-0.4, -0.2) is 21.0 Å². The second-order valence-electron chi connectivity index (χ2n) is 3.82. The Morgan fingerprint density at radius 1 is 1.19 bits per heavy atom. The number of aliphatic hydroxyl groups is 2. The number of para-hydroxylation sites is 1. The highest BCUT2D eigenvalue weighted by Gasteiger charge is 2.28. The van der Waals surface area contributed by atoms with Gasteiger partial charge in [-0.3, -0.25) is 4.79 Å². The number of hydrogen-bond donors (Lipinski definition) is 3. The second-order valence-corrected chi connectivity index (χ2v) is 3.82. The molecule has 0 amide bonds. The minimum atomic E-state index is -0.274. The highest BCUT2D eigenvalue weighted by Crippen LogP contribution is 2.33. The maximum Gasteiger partial charge on any atom is 0.178 e. The van der Waals surface area contributed by atoms with Crippen molar-refractivity contribution in [3.05, 3.63) is 41.3 Å². The van der Waals surface area contributed by atoms with E-state index < -0.39 is 0 Å². The molecule has 0 fully saturated rings. The van der Waals surface area contributed by atoms with Crippen LogP contribution in [-0.2, 0) is 0 Å². The number of benzene rings is 1. The Kier molecular flexibility index (Phi) is 1.63. The maximum atomic E-state index is 11.8. The predicted molar refractivity (Wildman–Crippen MR) is 59.4 cm³/mol. The first-order chi connectivity index (χ1) is 7.68. The van der Waals surface area contributed by atoms with E-state index in [1.165, 1.54) is 0 Å². The van der Waals surface area contributed by atoms with Crippen LogP contribution in [0.2, 0.25) is 0 Å². The number of aliphatic hydroxyl groups excluding tert-OH is 2. The van der Waals surface area contributed by atoms with E-state index in [0.29, 0.717) is 11.3 Å². The first-order valence-electron chi connectivity index (χ1n) is 4.94. The molecule has 0 atom stereocenters. The Morgan fingerprint density at radius 3 is 2.75 bits per heavy atom. The number of aromatic nitrogens is 1. The second kappa shape index (κ2) is 2.88. The van der Waals surface area contributed by atoms with Gasteiger partial charge >= 0.3 is 0 Å². The molecule has 4 nitrogen and oxygen atoms in total. The van der Waals surface area contributed by atoms with Gasteiger partial charge in [-0.15, -0.1) is 0 Å². The van der Waals surface area contributed by atoms with E-state index in [-0.39, 0.29) is 23.7 Å². The summed E-state index contributed by atoms with van der Waals surface area (Å²) in [4.78, 5) is 14.7. The van der Waals surface area contributed by atoms with Crippen LogP contribution in [0.1, 0.15) is 22.5 Å². The monoisotopic (exact) mass is 215 g/mol. The summed E-state index contributed by atoms with van der Waals surface area (Å²) in [6.07, 6.45) is -0.138. The van der Waals surface area contributed by atoms with Gasteiger partial charge in [-0.05, 0) is 6.07 Å². The van der Waals surface area contributed by atoms with E-state index in [4.69, 9.17) is 0 Å². The van der Waals surface area contributed by atoms with Crippen LogP contribution in [0.5, 0.6) is 0 Å². The molecule has 0 bridgehead atoms. The molecular formula is C12H9NO3. The summed E-state index contributed by atoms with van der Waals surface area (Å²) in [6.45, 7) is 0. The van der Waals surface area contributed by atoms with Crippen molar-refractivity contribution in [1.29, 1.82) is 0 Å². The molecule has 0 saturated carbocycles. The summed E-state index contributed by atoms with van der Waals surface area (Å²) in [5, 5.41) is 19.9. The van der Waals surface area contributed by atoms with Crippen molar-refractivity contribution in [1.82, 2.24) is 4.98 Å². The maximum absolute atomic E-state index is 11.8. The molecule has 0 unspecified atom stereocenters. The number of nitrogens with one attached hydrogen (secondary N) is 1. The van der Waals surface area contributed by atoms with Crippen LogP contribution in [0.4, 0.5) is 0 Å². The fraction of sp³-hybridized carbons (Fsp3) is 0.0833. The number of allylic oxidation sites excluding steroid dienone is 1. The Bertz CT molecular complexity index is 637. The summed E-state index contributed by atoms with van der Waals surface area (Å²) in [6, 6.07) is 7.32. The molecule has 1 aliphatic carbocycles. The zero-order chi connectivity index (χ0) is 11.3. The molecule has 2 aromatic rings. The summed E-state index contributed by atoms with van der Waals surface area (Å²) < 4.78 is 0. The number of aromatic amines is 1. The smallest absolute Gasteiger partial charge is 0.178 e. The largest absolute Gasteiger partial charge is 0.508 e. The Hall–Kier alpha value is -2.23. The van der Waals surface area contributed by atoms with Gasteiger partial charge in [-0.2, -0.15) is 0 Å². The number of ketones is 1. The van der Waals surface area contributed by atoms with Crippen LogP contribution >= 0.6 is 0 Å². The van der Waals surface area contributed by atoms with Crippen molar-refractivity contribution in [3.8, 4) is 0 Å². The molecule has 16 heavy (non-hydrogen) atoms. The Balaban J connectivity index is 2.44. The standard InChI is InChI=1S/C12H9NO3/c14-8-5-9(15)12(16)11-10(8)6-3-1-2-4-7(6)13-11/h1-4,13,15-16H,5H2. The third-order valence-electron chi connectivity index (χ3n) is 2.82. The number of rotatable bonds is 0. The molecule has 0 spiro atoms. The van der Waals surface area contributed by atoms with Gasteiger partial charge in [-0.25, -0.2) is 0 Å². The van der Waals surface area contributed by atoms with Crippen molar-refractivity contribution in [3.63, 3.8) is 0 Å². The normalized spacial score (nSPS) is 15.6. The van der Waals surface area contributed by atoms with Crippen molar-refractivity contribution < 1.29 is 15.0 Å². The van der Waals surface area contributed by atoms with E-state index >= 15 is 0 Å². The molecule has 1 aromatic heterocycles. The van der Waals surface area contributed by atoms with Crippen LogP contribution in [0.25, 0.3) is 16.7 Å². The fourth-order valence-electron chi connectivity index (χ4n) is 2.08. The lowest BCUT2D eigenvalue weighted by Crippen LogP contribution is -2.11. The zero-order valence-corrected chi connectivity index (χ0v) is 8.32. The number of H-pyrrole nitrogens is 1. The van der Waals surface area contributed by atoms with E-state index in [0.717, 1.165) is 10.9 Å². The van der Waals surface area contributed by atoms with Crippen molar-refractivity contribution in [2.45, 2.75) is 6.42 Å². The molecule has 1 heterocycles. The van der Waals surface area contributed by atoms with Gasteiger partial charge in [0.1, 0.15) is 5.76 Å². The van der Waals surface area contributed by atoms with Gasteiger partial charge in [-0.1, -0.05) is 18.2 Å². The molecule has 80 valence electrons. The van der Waals surface area contributed by atoms with Gasteiger partial charge < -0.3 is 15.2 Å². The molecular weight excluding hydrogens is 206 g/mol. The highest BCUT2D eigenvalue weighted by atomic mass is 16.3. The number of hydrogen-bond acceptors (Lipinski definition) is 3. The Labute approximate surface area is 90.8 Å². The van der Waals surface area contributed by atoms with E-state index in [1.54, 1.807) is 0 Å². The van der Waals surface area contributed by atoms with Gasteiger partial charge in [0.2, 0.25) is 0 Å². The van der Waals surface area contributed by atoms with Gasteiger partial charge in [0.15, 0.2) is 11.5 Å². The van der Waals surface area contributed by atoms with Crippen LogP contribution in [0.3, 0.4) is 0 Å². The molecule has 1 aliphatic rings. The minimum Gasteiger partial charge on any atom is -0.508 e. The minimum absolute atomic E-state index is 0.138. The third kappa shape index (κ3) is 1.01. The van der Waals surface area contributed by atoms with Crippen LogP contribution in [0.15, 0.2) is 30.0 Å². The molecule has 3 rings (SSSR count). The number of carbonyl (C=O) groups excluding carboxylic acids is 1. The summed E-state index contributed by atoms with van der Waals surface area (Å²) >= 11 is 0. The van der Waals surface area contributed by atoms with Gasteiger partial charge in [0.05, 0.1) is 17.7 Å². The number of Topliss-reactive ketones (excluding diaryl/α,β-unsaturated/α-hetero) is 1. The molecule has 1 aromatic carbocycles. The highest BCUT2D eigenvalue weighted by molar-refractivity contribution is 6.14. The molecule has 0 saturated heterocycles. The first kappa shape index (κ1) is 9.03. The lowest BCUT2D eigenvalue weighted by molar-refractivity contribution is 0.0976. The van der Waals surface area contributed by atoms with Crippen molar-refractivity contribution in [2.75, 3.05) is 0 Å². The number of fused-ring (bicyclic) bond motifs is 3. The van der Waals surface area contributed by atoms with Crippen LogP contribution in [0, 0.1) is 0 Å². The summed E-state index contributed by atoms with van der Waals surface area (Å²) in [5.41, 5.74) is 1.56.